The second-order valence-electron chi connectivity index (χ2n) is 4.21. The van der Waals surface area contributed by atoms with Gasteiger partial charge in [0.25, 0.3) is 0 Å². The average molecular weight is 172 g/mol. The van der Waals surface area contributed by atoms with Gasteiger partial charge in [0, 0.05) is 12.0 Å². The summed E-state index contributed by atoms with van der Waals surface area (Å²) in [5.74, 6) is -0.375. The third kappa shape index (κ3) is 1.64. The number of rotatable bonds is 2. The largest absolute Gasteiger partial charge is 0.350 e. The molecule has 1 unspecified atom stereocenters. The molecule has 0 radical (unpaired) electrons. The SMILES string of the molecule is CCOC1(C)OCCCC1(C)C. The Morgan fingerprint density at radius 1 is 1.33 bits per heavy atom. The third-order valence-electron chi connectivity index (χ3n) is 2.97. The first kappa shape index (κ1) is 10.0. The first-order valence-electron chi connectivity index (χ1n) is 4.80. The van der Waals surface area contributed by atoms with Crippen LogP contribution >= 0.6 is 0 Å². The van der Waals surface area contributed by atoms with E-state index in [1.807, 2.05) is 6.92 Å². The fraction of sp³-hybridized carbons (Fsp3) is 1.00. The minimum Gasteiger partial charge on any atom is -0.350 e. The second kappa shape index (κ2) is 3.35. The Labute approximate surface area is 75.2 Å². The molecule has 1 fully saturated rings. The molecule has 0 aromatic heterocycles. The van der Waals surface area contributed by atoms with Gasteiger partial charge in [-0.15, -0.1) is 0 Å². The van der Waals surface area contributed by atoms with E-state index in [1.165, 1.54) is 6.42 Å². The molecule has 0 aromatic rings. The van der Waals surface area contributed by atoms with Crippen LogP contribution in [0.1, 0.15) is 40.5 Å². The minimum absolute atomic E-state index is 0.140. The highest BCUT2D eigenvalue weighted by Crippen LogP contribution is 2.42. The Hall–Kier alpha value is -0.0800. The lowest BCUT2D eigenvalue weighted by molar-refractivity contribution is -0.299. The number of hydrogen-bond acceptors (Lipinski definition) is 2. The van der Waals surface area contributed by atoms with E-state index in [4.69, 9.17) is 9.47 Å². The van der Waals surface area contributed by atoms with Gasteiger partial charge in [0.1, 0.15) is 0 Å². The summed E-state index contributed by atoms with van der Waals surface area (Å²) in [7, 11) is 0. The normalized spacial score (nSPS) is 35.0. The molecular weight excluding hydrogens is 152 g/mol. The molecule has 1 aliphatic heterocycles. The lowest BCUT2D eigenvalue weighted by Crippen LogP contribution is -2.50. The molecule has 1 rings (SSSR count). The highest BCUT2D eigenvalue weighted by molar-refractivity contribution is 4.86. The zero-order valence-electron chi connectivity index (χ0n) is 8.64. The Kier molecular flexibility index (Phi) is 2.79. The Bertz CT molecular complexity index is 150. The lowest BCUT2D eigenvalue weighted by atomic mass is 9.78. The van der Waals surface area contributed by atoms with Crippen LogP contribution in [0, 0.1) is 5.41 Å². The summed E-state index contributed by atoms with van der Waals surface area (Å²) in [6, 6.07) is 0. The highest BCUT2D eigenvalue weighted by Gasteiger charge is 2.45. The molecule has 12 heavy (non-hydrogen) atoms. The summed E-state index contributed by atoms with van der Waals surface area (Å²) in [5, 5.41) is 0. The van der Waals surface area contributed by atoms with Crippen molar-refractivity contribution in [1.82, 2.24) is 0 Å². The van der Waals surface area contributed by atoms with E-state index in [-0.39, 0.29) is 11.2 Å². The number of hydrogen-bond donors (Lipinski definition) is 0. The van der Waals surface area contributed by atoms with Crippen LogP contribution in [0.2, 0.25) is 0 Å². The highest BCUT2D eigenvalue weighted by atomic mass is 16.7. The standard InChI is InChI=1S/C10H20O2/c1-5-11-10(4)9(2,3)7-6-8-12-10/h5-8H2,1-4H3. The molecule has 2 heteroatoms. The van der Waals surface area contributed by atoms with Crippen molar-refractivity contribution in [1.29, 1.82) is 0 Å². The van der Waals surface area contributed by atoms with E-state index in [0.717, 1.165) is 19.6 Å². The quantitative estimate of drug-likeness (QED) is 0.637. The van der Waals surface area contributed by atoms with Crippen LogP contribution in [0.15, 0.2) is 0 Å². The van der Waals surface area contributed by atoms with E-state index >= 15 is 0 Å². The Morgan fingerprint density at radius 2 is 2.00 bits per heavy atom. The van der Waals surface area contributed by atoms with Crippen molar-refractivity contribution in [3.63, 3.8) is 0 Å². The molecule has 0 N–H and O–H groups in total. The van der Waals surface area contributed by atoms with Crippen LogP contribution in [-0.2, 0) is 9.47 Å². The average Bonchev–Trinajstić information content (AvgIpc) is 1.96. The van der Waals surface area contributed by atoms with Crippen LogP contribution in [-0.4, -0.2) is 19.0 Å². The van der Waals surface area contributed by atoms with E-state index in [0.29, 0.717) is 0 Å². The van der Waals surface area contributed by atoms with Gasteiger partial charge in [0.05, 0.1) is 6.61 Å². The van der Waals surface area contributed by atoms with E-state index in [9.17, 15) is 0 Å². The monoisotopic (exact) mass is 172 g/mol. The van der Waals surface area contributed by atoms with Gasteiger partial charge in [-0.3, -0.25) is 0 Å². The third-order valence-corrected chi connectivity index (χ3v) is 2.97. The van der Waals surface area contributed by atoms with Gasteiger partial charge in [0.15, 0.2) is 5.79 Å². The molecule has 0 amide bonds. The van der Waals surface area contributed by atoms with Gasteiger partial charge >= 0.3 is 0 Å². The summed E-state index contributed by atoms with van der Waals surface area (Å²) < 4.78 is 11.4. The van der Waals surface area contributed by atoms with Gasteiger partial charge in [0.2, 0.25) is 0 Å². The minimum atomic E-state index is -0.375. The van der Waals surface area contributed by atoms with Crippen LogP contribution in [0.4, 0.5) is 0 Å². The van der Waals surface area contributed by atoms with E-state index in [1.54, 1.807) is 0 Å². The maximum atomic E-state index is 5.70. The summed E-state index contributed by atoms with van der Waals surface area (Å²) in [6.07, 6.45) is 2.33. The predicted octanol–water partition coefficient (Wildman–Crippen LogP) is 2.58. The summed E-state index contributed by atoms with van der Waals surface area (Å²) in [6.45, 7) is 10.0. The van der Waals surface area contributed by atoms with Gasteiger partial charge in [-0.25, -0.2) is 0 Å². The van der Waals surface area contributed by atoms with E-state index in [2.05, 4.69) is 20.8 Å². The molecule has 0 aromatic carbocycles. The molecule has 72 valence electrons. The maximum Gasteiger partial charge on any atom is 0.170 e. The molecule has 0 spiro atoms. The summed E-state index contributed by atoms with van der Waals surface area (Å²) in [5.41, 5.74) is 0.140. The molecule has 1 heterocycles. The van der Waals surface area contributed by atoms with Crippen LogP contribution in [0.25, 0.3) is 0 Å². The zero-order chi connectivity index (χ0) is 9.24. The number of ether oxygens (including phenoxy) is 2. The molecule has 1 aliphatic rings. The molecular formula is C10H20O2. The molecule has 0 aliphatic carbocycles. The maximum absolute atomic E-state index is 5.70. The van der Waals surface area contributed by atoms with Crippen molar-refractivity contribution in [3.05, 3.63) is 0 Å². The summed E-state index contributed by atoms with van der Waals surface area (Å²) >= 11 is 0. The van der Waals surface area contributed by atoms with Crippen molar-refractivity contribution in [2.45, 2.75) is 46.3 Å². The van der Waals surface area contributed by atoms with Gasteiger partial charge in [-0.2, -0.15) is 0 Å². The van der Waals surface area contributed by atoms with E-state index < -0.39 is 0 Å². The van der Waals surface area contributed by atoms with Gasteiger partial charge < -0.3 is 9.47 Å². The fourth-order valence-corrected chi connectivity index (χ4v) is 1.72. The van der Waals surface area contributed by atoms with Crippen LogP contribution in [0.5, 0.6) is 0 Å². The van der Waals surface area contributed by atoms with Gasteiger partial charge in [-0.05, 0) is 26.7 Å². The first-order valence-corrected chi connectivity index (χ1v) is 4.80. The molecule has 0 bridgehead atoms. The van der Waals surface area contributed by atoms with Gasteiger partial charge in [-0.1, -0.05) is 13.8 Å². The first-order chi connectivity index (χ1) is 5.52. The Balaban J connectivity index is 2.69. The lowest BCUT2D eigenvalue weighted by Gasteiger charge is -2.46. The molecule has 1 atom stereocenters. The summed E-state index contributed by atoms with van der Waals surface area (Å²) in [4.78, 5) is 0. The molecule has 2 nitrogen and oxygen atoms in total. The van der Waals surface area contributed by atoms with Crippen LogP contribution in [0.3, 0.4) is 0 Å². The molecule has 0 saturated carbocycles. The van der Waals surface area contributed by atoms with Crippen molar-refractivity contribution in [3.8, 4) is 0 Å². The topological polar surface area (TPSA) is 18.5 Å². The van der Waals surface area contributed by atoms with Crippen molar-refractivity contribution in [2.75, 3.05) is 13.2 Å². The van der Waals surface area contributed by atoms with Crippen LogP contribution < -0.4 is 0 Å². The predicted molar refractivity (Wildman–Crippen MR) is 49.0 cm³/mol. The molecule has 1 saturated heterocycles. The second-order valence-corrected chi connectivity index (χ2v) is 4.21. The Morgan fingerprint density at radius 3 is 2.50 bits per heavy atom. The van der Waals surface area contributed by atoms with Crippen molar-refractivity contribution < 1.29 is 9.47 Å². The van der Waals surface area contributed by atoms with Crippen molar-refractivity contribution >= 4 is 0 Å². The van der Waals surface area contributed by atoms with Crippen molar-refractivity contribution in [2.24, 2.45) is 5.41 Å². The fourth-order valence-electron chi connectivity index (χ4n) is 1.72. The smallest absolute Gasteiger partial charge is 0.170 e. The zero-order valence-corrected chi connectivity index (χ0v) is 8.64.